The maximum Gasteiger partial charge on any atom is 0.260 e. The summed E-state index contributed by atoms with van der Waals surface area (Å²) >= 11 is 3.22. The normalized spacial score (nSPS) is 19.3. The van der Waals surface area contributed by atoms with E-state index in [0.717, 1.165) is 19.4 Å². The van der Waals surface area contributed by atoms with Crippen LogP contribution in [0.25, 0.3) is 0 Å². The largest absolute Gasteiger partial charge is 0.483 e. The van der Waals surface area contributed by atoms with Crippen LogP contribution in [0.5, 0.6) is 5.75 Å². The highest BCUT2D eigenvalue weighted by molar-refractivity contribution is 9.10. The Morgan fingerprint density at radius 1 is 1.53 bits per heavy atom. The molecule has 1 saturated heterocycles. The maximum atomic E-state index is 12.9. The molecular formula is C14H17BrFNO2. The van der Waals surface area contributed by atoms with Gasteiger partial charge in [0.25, 0.3) is 5.91 Å². The summed E-state index contributed by atoms with van der Waals surface area (Å²) in [6.07, 6.45) is 3.28. The van der Waals surface area contributed by atoms with E-state index < -0.39 is 0 Å². The first-order chi connectivity index (χ1) is 9.08. The average molecular weight is 330 g/mol. The lowest BCUT2D eigenvalue weighted by molar-refractivity contribution is -0.136. The van der Waals surface area contributed by atoms with Crippen molar-refractivity contribution in [3.63, 3.8) is 0 Å². The lowest BCUT2D eigenvalue weighted by Gasteiger charge is -2.33. The highest BCUT2D eigenvalue weighted by Crippen LogP contribution is 2.25. The fourth-order valence-electron chi connectivity index (χ4n) is 2.28. The van der Waals surface area contributed by atoms with Crippen LogP contribution in [-0.4, -0.2) is 30.0 Å². The molecule has 2 rings (SSSR count). The molecule has 1 amide bonds. The van der Waals surface area contributed by atoms with Crippen molar-refractivity contribution < 1.29 is 13.9 Å². The van der Waals surface area contributed by atoms with Crippen LogP contribution in [0.15, 0.2) is 22.7 Å². The van der Waals surface area contributed by atoms with Crippen molar-refractivity contribution in [2.75, 3.05) is 13.2 Å². The zero-order valence-electron chi connectivity index (χ0n) is 10.9. The summed E-state index contributed by atoms with van der Waals surface area (Å²) in [5, 5.41) is 0. The Morgan fingerprint density at radius 2 is 2.32 bits per heavy atom. The van der Waals surface area contributed by atoms with Crippen LogP contribution in [0.4, 0.5) is 4.39 Å². The van der Waals surface area contributed by atoms with E-state index in [1.165, 1.54) is 24.6 Å². The third kappa shape index (κ3) is 3.69. The zero-order chi connectivity index (χ0) is 13.8. The molecule has 0 spiro atoms. The molecule has 1 aromatic rings. The first-order valence-corrected chi connectivity index (χ1v) is 7.24. The van der Waals surface area contributed by atoms with Crippen LogP contribution in [0.3, 0.4) is 0 Å². The number of rotatable bonds is 3. The minimum atomic E-state index is -0.338. The number of hydrogen-bond donors (Lipinski definition) is 0. The Balaban J connectivity index is 1.92. The number of carbonyl (C=O) groups excluding carboxylic acids is 1. The molecule has 0 radical (unpaired) electrons. The quantitative estimate of drug-likeness (QED) is 0.850. The minimum absolute atomic E-state index is 0.00538. The molecule has 0 saturated carbocycles. The third-order valence-electron chi connectivity index (χ3n) is 3.37. The molecule has 1 atom stereocenters. The fourth-order valence-corrected chi connectivity index (χ4v) is 2.75. The maximum absolute atomic E-state index is 12.9. The lowest BCUT2D eigenvalue weighted by atomic mass is 10.0. The van der Waals surface area contributed by atoms with Gasteiger partial charge in [-0.05, 0) is 60.3 Å². The molecule has 0 aliphatic carbocycles. The zero-order valence-corrected chi connectivity index (χ0v) is 12.5. The second-order valence-electron chi connectivity index (χ2n) is 4.80. The van der Waals surface area contributed by atoms with Crippen molar-refractivity contribution in [1.29, 1.82) is 0 Å². The predicted molar refractivity (Wildman–Crippen MR) is 74.6 cm³/mol. The molecule has 104 valence electrons. The molecule has 1 fully saturated rings. The van der Waals surface area contributed by atoms with Gasteiger partial charge in [0.05, 0.1) is 4.47 Å². The molecule has 19 heavy (non-hydrogen) atoms. The lowest BCUT2D eigenvalue weighted by Crippen LogP contribution is -2.44. The number of piperidine rings is 1. The van der Waals surface area contributed by atoms with Crippen molar-refractivity contribution in [3.8, 4) is 5.75 Å². The summed E-state index contributed by atoms with van der Waals surface area (Å²) in [7, 11) is 0. The van der Waals surface area contributed by atoms with E-state index in [4.69, 9.17) is 4.74 Å². The number of likely N-dealkylation sites (tertiary alicyclic amines) is 1. The molecule has 3 nitrogen and oxygen atoms in total. The van der Waals surface area contributed by atoms with Gasteiger partial charge in [-0.25, -0.2) is 4.39 Å². The van der Waals surface area contributed by atoms with Gasteiger partial charge < -0.3 is 9.64 Å². The molecular weight excluding hydrogens is 313 g/mol. The predicted octanol–water partition coefficient (Wildman–Crippen LogP) is 3.37. The van der Waals surface area contributed by atoms with E-state index in [-0.39, 0.29) is 24.4 Å². The Hall–Kier alpha value is -1.10. The van der Waals surface area contributed by atoms with Gasteiger partial charge in [0.1, 0.15) is 11.6 Å². The average Bonchev–Trinajstić information content (AvgIpc) is 2.38. The second kappa shape index (κ2) is 6.37. The van der Waals surface area contributed by atoms with Gasteiger partial charge in [0.15, 0.2) is 6.61 Å². The summed E-state index contributed by atoms with van der Waals surface area (Å²) in [6.45, 7) is 2.85. The molecule has 5 heteroatoms. The monoisotopic (exact) mass is 329 g/mol. The van der Waals surface area contributed by atoms with Crippen LogP contribution in [0.2, 0.25) is 0 Å². The standard InChI is InChI=1S/C14H17BrFNO2/c1-10-4-2-3-7-17(10)14(18)9-19-13-6-5-11(16)8-12(13)15/h5-6,8,10H,2-4,7,9H2,1H3. The number of halogens is 2. The van der Waals surface area contributed by atoms with Gasteiger partial charge >= 0.3 is 0 Å². The number of carbonyl (C=O) groups is 1. The Morgan fingerprint density at radius 3 is 3.00 bits per heavy atom. The van der Waals surface area contributed by atoms with Crippen LogP contribution in [0.1, 0.15) is 26.2 Å². The van der Waals surface area contributed by atoms with Crippen molar-refractivity contribution >= 4 is 21.8 Å². The number of amides is 1. The van der Waals surface area contributed by atoms with Crippen molar-refractivity contribution in [3.05, 3.63) is 28.5 Å². The highest BCUT2D eigenvalue weighted by atomic mass is 79.9. The van der Waals surface area contributed by atoms with E-state index in [1.807, 2.05) is 4.90 Å². The van der Waals surface area contributed by atoms with Crippen molar-refractivity contribution in [2.45, 2.75) is 32.2 Å². The van der Waals surface area contributed by atoms with Crippen LogP contribution >= 0.6 is 15.9 Å². The first-order valence-electron chi connectivity index (χ1n) is 6.45. The summed E-state index contributed by atoms with van der Waals surface area (Å²) < 4.78 is 18.9. The Bertz CT molecular complexity index is 467. The van der Waals surface area contributed by atoms with E-state index in [0.29, 0.717) is 10.2 Å². The summed E-state index contributed by atoms with van der Waals surface area (Å²) in [5.41, 5.74) is 0. The van der Waals surface area contributed by atoms with Crippen LogP contribution in [0, 0.1) is 5.82 Å². The first kappa shape index (κ1) is 14.3. The molecule has 0 N–H and O–H groups in total. The Labute approximate surface area is 120 Å². The smallest absolute Gasteiger partial charge is 0.260 e. The summed E-state index contributed by atoms with van der Waals surface area (Å²) in [4.78, 5) is 13.9. The highest BCUT2D eigenvalue weighted by Gasteiger charge is 2.23. The molecule has 1 heterocycles. The Kier molecular flexibility index (Phi) is 4.80. The number of nitrogens with zero attached hydrogens (tertiary/aromatic N) is 1. The number of hydrogen-bond acceptors (Lipinski definition) is 2. The summed E-state index contributed by atoms with van der Waals surface area (Å²) in [6, 6.07) is 4.44. The van der Waals surface area contributed by atoms with Gasteiger partial charge in [-0.15, -0.1) is 0 Å². The molecule has 1 unspecified atom stereocenters. The molecule has 0 bridgehead atoms. The van der Waals surface area contributed by atoms with Gasteiger partial charge in [-0.3, -0.25) is 4.79 Å². The fraction of sp³-hybridized carbons (Fsp3) is 0.500. The van der Waals surface area contributed by atoms with Gasteiger partial charge in [0.2, 0.25) is 0 Å². The molecule has 1 aromatic carbocycles. The van der Waals surface area contributed by atoms with Gasteiger partial charge in [0, 0.05) is 12.6 Å². The molecule has 1 aliphatic rings. The van der Waals surface area contributed by atoms with Crippen LogP contribution in [-0.2, 0) is 4.79 Å². The second-order valence-corrected chi connectivity index (χ2v) is 5.65. The third-order valence-corrected chi connectivity index (χ3v) is 3.99. The van der Waals surface area contributed by atoms with Crippen molar-refractivity contribution in [2.24, 2.45) is 0 Å². The minimum Gasteiger partial charge on any atom is -0.483 e. The summed E-state index contributed by atoms with van der Waals surface area (Å²) in [5.74, 6) is 0.137. The number of ether oxygens (including phenoxy) is 1. The molecule has 0 aromatic heterocycles. The van der Waals surface area contributed by atoms with Gasteiger partial charge in [-0.2, -0.15) is 0 Å². The molecule has 1 aliphatic heterocycles. The van der Waals surface area contributed by atoms with Gasteiger partial charge in [-0.1, -0.05) is 0 Å². The van der Waals surface area contributed by atoms with Crippen LogP contribution < -0.4 is 4.74 Å². The number of benzene rings is 1. The van der Waals surface area contributed by atoms with E-state index in [9.17, 15) is 9.18 Å². The van der Waals surface area contributed by atoms with E-state index in [2.05, 4.69) is 22.9 Å². The van der Waals surface area contributed by atoms with E-state index >= 15 is 0 Å². The topological polar surface area (TPSA) is 29.5 Å². The SMILES string of the molecule is CC1CCCCN1C(=O)COc1ccc(F)cc1Br. The van der Waals surface area contributed by atoms with Crippen molar-refractivity contribution in [1.82, 2.24) is 4.90 Å². The van der Waals surface area contributed by atoms with E-state index in [1.54, 1.807) is 0 Å².